The highest BCUT2D eigenvalue weighted by molar-refractivity contribution is 5.71. The van der Waals surface area contributed by atoms with Crippen molar-refractivity contribution in [3.63, 3.8) is 0 Å². The molecule has 0 aromatic carbocycles. The molecule has 0 fully saturated rings. The van der Waals surface area contributed by atoms with E-state index in [9.17, 15) is 18.0 Å². The number of carbonyl (C=O) groups is 1. The molecule has 0 saturated heterocycles. The fourth-order valence-electron chi connectivity index (χ4n) is 0.530. The van der Waals surface area contributed by atoms with Gasteiger partial charge in [0.15, 0.2) is 6.17 Å². The molecule has 0 heterocycles. The second kappa shape index (κ2) is 4.20. The Balaban J connectivity index is 3.75. The molecule has 0 aromatic heterocycles. The van der Waals surface area contributed by atoms with Gasteiger partial charge in [-0.2, -0.15) is 0 Å². The first-order valence-electron chi connectivity index (χ1n) is 3.10. The Morgan fingerprint density at radius 3 is 2.18 bits per heavy atom. The molecule has 0 aromatic rings. The van der Waals surface area contributed by atoms with Crippen LogP contribution < -0.4 is 0 Å². The molecule has 2 unspecified atom stereocenters. The first-order chi connectivity index (χ1) is 4.95. The molecule has 5 heteroatoms. The van der Waals surface area contributed by atoms with Gasteiger partial charge in [-0.3, -0.25) is 0 Å². The van der Waals surface area contributed by atoms with E-state index in [1.165, 1.54) is 0 Å². The van der Waals surface area contributed by atoms with Gasteiger partial charge in [-0.25, -0.2) is 18.0 Å². The second-order valence-corrected chi connectivity index (χ2v) is 2.35. The topological polar surface area (TPSA) is 37.3 Å². The van der Waals surface area contributed by atoms with Crippen LogP contribution in [0, 0.1) is 5.92 Å². The Morgan fingerprint density at radius 1 is 1.45 bits per heavy atom. The standard InChI is InChI=1S/C6H9F3O2/c1-3(5(8)9)2-4(7)6(10)11/h3-5H,2H2,1H3,(H,10,11). The first-order valence-corrected chi connectivity index (χ1v) is 3.10. The Labute approximate surface area is 62.0 Å². The maximum Gasteiger partial charge on any atom is 0.338 e. The molecular formula is C6H9F3O2. The molecule has 0 aliphatic heterocycles. The zero-order chi connectivity index (χ0) is 9.02. The van der Waals surface area contributed by atoms with Gasteiger partial charge >= 0.3 is 5.97 Å². The minimum Gasteiger partial charge on any atom is -0.479 e. The van der Waals surface area contributed by atoms with Crippen molar-refractivity contribution in [1.82, 2.24) is 0 Å². The van der Waals surface area contributed by atoms with Crippen LogP contribution in [0.3, 0.4) is 0 Å². The molecule has 0 aliphatic rings. The van der Waals surface area contributed by atoms with Gasteiger partial charge in [-0.05, 0) is 6.42 Å². The average Bonchev–Trinajstić information content (AvgIpc) is 1.87. The number of aliphatic carboxylic acids is 1. The highest BCUT2D eigenvalue weighted by Crippen LogP contribution is 2.16. The molecule has 11 heavy (non-hydrogen) atoms. The van der Waals surface area contributed by atoms with Crippen molar-refractivity contribution in [2.75, 3.05) is 0 Å². The van der Waals surface area contributed by atoms with Gasteiger partial charge in [0.25, 0.3) is 0 Å². The lowest BCUT2D eigenvalue weighted by Crippen LogP contribution is -2.20. The van der Waals surface area contributed by atoms with Crippen LogP contribution in [-0.2, 0) is 4.79 Å². The van der Waals surface area contributed by atoms with E-state index in [1.54, 1.807) is 0 Å². The van der Waals surface area contributed by atoms with E-state index in [-0.39, 0.29) is 0 Å². The summed E-state index contributed by atoms with van der Waals surface area (Å²) in [4.78, 5) is 9.84. The summed E-state index contributed by atoms with van der Waals surface area (Å²) in [7, 11) is 0. The monoisotopic (exact) mass is 170 g/mol. The van der Waals surface area contributed by atoms with E-state index in [1.807, 2.05) is 0 Å². The number of hydrogen-bond donors (Lipinski definition) is 1. The van der Waals surface area contributed by atoms with E-state index < -0.39 is 30.9 Å². The van der Waals surface area contributed by atoms with Crippen LogP contribution in [0.1, 0.15) is 13.3 Å². The van der Waals surface area contributed by atoms with Crippen molar-refractivity contribution >= 4 is 5.97 Å². The fraction of sp³-hybridized carbons (Fsp3) is 0.833. The Hall–Kier alpha value is -0.740. The number of carboxylic acid groups (broad SMARTS) is 1. The van der Waals surface area contributed by atoms with E-state index in [2.05, 4.69) is 0 Å². The van der Waals surface area contributed by atoms with Gasteiger partial charge in [0, 0.05) is 5.92 Å². The predicted octanol–water partition coefficient (Wildman–Crippen LogP) is 1.70. The van der Waals surface area contributed by atoms with E-state index in [0.717, 1.165) is 6.92 Å². The lowest BCUT2D eigenvalue weighted by Gasteiger charge is -2.09. The number of hydrogen-bond acceptors (Lipinski definition) is 1. The molecule has 0 saturated carbocycles. The van der Waals surface area contributed by atoms with Crippen LogP contribution in [0.2, 0.25) is 0 Å². The number of carboxylic acids is 1. The first kappa shape index (κ1) is 10.3. The molecule has 0 rings (SSSR count). The van der Waals surface area contributed by atoms with Crippen molar-refractivity contribution < 1.29 is 23.1 Å². The van der Waals surface area contributed by atoms with Crippen molar-refractivity contribution in [1.29, 1.82) is 0 Å². The molecule has 0 aliphatic carbocycles. The molecule has 1 N–H and O–H groups in total. The Morgan fingerprint density at radius 2 is 1.91 bits per heavy atom. The average molecular weight is 170 g/mol. The maximum atomic E-state index is 12.2. The summed E-state index contributed by atoms with van der Waals surface area (Å²) in [6, 6.07) is 0. The van der Waals surface area contributed by atoms with Gasteiger partial charge in [0.2, 0.25) is 6.43 Å². The van der Waals surface area contributed by atoms with Gasteiger partial charge in [-0.1, -0.05) is 6.92 Å². The molecule has 66 valence electrons. The third kappa shape index (κ3) is 3.85. The molecular weight excluding hydrogens is 161 g/mol. The zero-order valence-corrected chi connectivity index (χ0v) is 5.93. The molecule has 2 nitrogen and oxygen atoms in total. The number of rotatable bonds is 4. The smallest absolute Gasteiger partial charge is 0.338 e. The Kier molecular flexibility index (Phi) is 3.92. The van der Waals surface area contributed by atoms with Crippen molar-refractivity contribution in [3.8, 4) is 0 Å². The summed E-state index contributed by atoms with van der Waals surface area (Å²) in [6.45, 7) is 1.11. The summed E-state index contributed by atoms with van der Waals surface area (Å²) >= 11 is 0. The van der Waals surface area contributed by atoms with Crippen molar-refractivity contribution in [2.24, 2.45) is 5.92 Å². The van der Waals surface area contributed by atoms with Crippen LogP contribution >= 0.6 is 0 Å². The van der Waals surface area contributed by atoms with Crippen LogP contribution in [0.5, 0.6) is 0 Å². The fourth-order valence-corrected chi connectivity index (χ4v) is 0.530. The van der Waals surface area contributed by atoms with Gasteiger partial charge in [-0.15, -0.1) is 0 Å². The quantitative estimate of drug-likeness (QED) is 0.697. The van der Waals surface area contributed by atoms with E-state index in [4.69, 9.17) is 5.11 Å². The maximum absolute atomic E-state index is 12.2. The number of alkyl halides is 3. The van der Waals surface area contributed by atoms with Gasteiger partial charge in [0.1, 0.15) is 0 Å². The van der Waals surface area contributed by atoms with Crippen molar-refractivity contribution in [3.05, 3.63) is 0 Å². The molecule has 0 radical (unpaired) electrons. The highest BCUT2D eigenvalue weighted by atomic mass is 19.3. The van der Waals surface area contributed by atoms with E-state index in [0.29, 0.717) is 0 Å². The SMILES string of the molecule is CC(CC(F)C(=O)O)C(F)F. The van der Waals surface area contributed by atoms with Crippen LogP contribution in [0.25, 0.3) is 0 Å². The van der Waals surface area contributed by atoms with Gasteiger partial charge < -0.3 is 5.11 Å². The zero-order valence-electron chi connectivity index (χ0n) is 5.93. The molecule has 0 bridgehead atoms. The third-order valence-electron chi connectivity index (χ3n) is 1.28. The van der Waals surface area contributed by atoms with Gasteiger partial charge in [0.05, 0.1) is 0 Å². The summed E-state index contributed by atoms with van der Waals surface area (Å²) in [6.07, 6.45) is -5.47. The van der Waals surface area contributed by atoms with Crippen LogP contribution in [0.15, 0.2) is 0 Å². The van der Waals surface area contributed by atoms with Crippen LogP contribution in [-0.4, -0.2) is 23.7 Å². The third-order valence-corrected chi connectivity index (χ3v) is 1.28. The normalized spacial score (nSPS) is 16.5. The second-order valence-electron chi connectivity index (χ2n) is 2.35. The lowest BCUT2D eigenvalue weighted by atomic mass is 10.1. The largest absolute Gasteiger partial charge is 0.479 e. The van der Waals surface area contributed by atoms with Crippen molar-refractivity contribution in [2.45, 2.75) is 25.9 Å². The minimum atomic E-state index is -2.66. The molecule has 0 amide bonds. The summed E-state index contributed by atoms with van der Waals surface area (Å²) < 4.78 is 35.6. The van der Waals surface area contributed by atoms with Crippen LogP contribution in [0.4, 0.5) is 13.2 Å². The summed E-state index contributed by atoms with van der Waals surface area (Å²) in [5, 5.41) is 7.99. The number of halogens is 3. The predicted molar refractivity (Wildman–Crippen MR) is 32.3 cm³/mol. The highest BCUT2D eigenvalue weighted by Gasteiger charge is 2.24. The molecule has 0 spiro atoms. The minimum absolute atomic E-state index is 0.632. The summed E-state index contributed by atoms with van der Waals surface area (Å²) in [5.74, 6) is -2.89. The lowest BCUT2D eigenvalue weighted by molar-refractivity contribution is -0.143. The Bertz CT molecular complexity index is 138. The molecule has 2 atom stereocenters. The summed E-state index contributed by atoms with van der Waals surface area (Å²) in [5.41, 5.74) is 0. The van der Waals surface area contributed by atoms with E-state index >= 15 is 0 Å².